The third kappa shape index (κ3) is 3.03. The molecule has 1 fully saturated rings. The Hall–Kier alpha value is -0.380. The second kappa shape index (κ2) is 4.24. The predicted octanol–water partition coefficient (Wildman–Crippen LogP) is 1.96. The van der Waals surface area contributed by atoms with Gasteiger partial charge >= 0.3 is 0 Å². The summed E-state index contributed by atoms with van der Waals surface area (Å²) in [6, 6.07) is 0. The largest absolute Gasteiger partial charge is 0.298 e. The summed E-state index contributed by atoms with van der Waals surface area (Å²) >= 11 is 0. The molecule has 0 radical (unpaired) electrons. The van der Waals surface area contributed by atoms with E-state index in [0.717, 1.165) is 25.7 Å². The van der Waals surface area contributed by atoms with E-state index < -0.39 is 14.6 Å². The van der Waals surface area contributed by atoms with Crippen LogP contribution in [0.15, 0.2) is 0 Å². The summed E-state index contributed by atoms with van der Waals surface area (Å²) in [4.78, 5) is 11.7. The van der Waals surface area contributed by atoms with Crippen LogP contribution in [0.4, 0.5) is 0 Å². The molecule has 88 valence electrons. The molecule has 0 aromatic rings. The molecule has 3 nitrogen and oxygen atoms in total. The number of hydrogen-bond donors (Lipinski definition) is 0. The fourth-order valence-corrected chi connectivity index (χ4v) is 2.81. The van der Waals surface area contributed by atoms with Crippen molar-refractivity contribution in [2.24, 2.45) is 5.92 Å². The van der Waals surface area contributed by atoms with Gasteiger partial charge in [0.2, 0.25) is 0 Å². The molecule has 0 saturated heterocycles. The summed E-state index contributed by atoms with van der Waals surface area (Å²) in [7, 11) is -3.28. The van der Waals surface area contributed by atoms with Crippen LogP contribution in [0.1, 0.15) is 46.5 Å². The molecule has 0 aromatic heterocycles. The molecule has 0 N–H and O–H groups in total. The summed E-state index contributed by atoms with van der Waals surface area (Å²) < 4.78 is 22.8. The van der Waals surface area contributed by atoms with E-state index in [1.807, 2.05) is 0 Å². The number of carbonyl (C=O) groups is 1. The van der Waals surface area contributed by atoms with E-state index in [1.165, 1.54) is 0 Å². The fraction of sp³-hybridized carbons (Fsp3) is 0.909. The van der Waals surface area contributed by atoms with Crippen LogP contribution in [0.2, 0.25) is 0 Å². The monoisotopic (exact) mass is 232 g/mol. The first kappa shape index (κ1) is 12.7. The van der Waals surface area contributed by atoms with E-state index >= 15 is 0 Å². The Morgan fingerprint density at radius 2 is 1.67 bits per heavy atom. The van der Waals surface area contributed by atoms with Crippen molar-refractivity contribution in [3.05, 3.63) is 0 Å². The summed E-state index contributed by atoms with van der Waals surface area (Å²) in [5.74, 6) is -0.356. The van der Waals surface area contributed by atoms with Crippen LogP contribution in [0, 0.1) is 5.92 Å². The maximum atomic E-state index is 11.8. The molecule has 1 aliphatic carbocycles. The van der Waals surface area contributed by atoms with Crippen LogP contribution in [-0.2, 0) is 14.6 Å². The molecular formula is C11H20O3S. The molecule has 0 amide bonds. The van der Waals surface area contributed by atoms with E-state index in [-0.39, 0.29) is 17.5 Å². The lowest BCUT2D eigenvalue weighted by Gasteiger charge is -2.19. The highest BCUT2D eigenvalue weighted by Gasteiger charge is 2.34. The number of rotatable bonds is 3. The summed E-state index contributed by atoms with van der Waals surface area (Å²) in [5, 5.41) is 0. The van der Waals surface area contributed by atoms with Gasteiger partial charge in [0.05, 0.1) is 4.75 Å². The number of hydrogen-bond acceptors (Lipinski definition) is 3. The maximum absolute atomic E-state index is 11.8. The van der Waals surface area contributed by atoms with Gasteiger partial charge in [-0.1, -0.05) is 12.8 Å². The van der Waals surface area contributed by atoms with Crippen molar-refractivity contribution in [2.45, 2.75) is 51.2 Å². The number of ketones is 1. The Kier molecular flexibility index (Phi) is 3.59. The second-order valence-corrected chi connectivity index (χ2v) is 8.06. The highest BCUT2D eigenvalue weighted by Crippen LogP contribution is 2.27. The van der Waals surface area contributed by atoms with E-state index in [2.05, 4.69) is 0 Å². The SMILES string of the molecule is CC(C)(C)S(=O)(=O)CC(=O)C1CCCC1. The summed E-state index contributed by atoms with van der Waals surface area (Å²) in [5.41, 5.74) is 0. The third-order valence-electron chi connectivity index (χ3n) is 3.08. The van der Waals surface area contributed by atoms with Gasteiger partial charge in [-0.3, -0.25) is 4.79 Å². The zero-order valence-electron chi connectivity index (χ0n) is 9.75. The van der Waals surface area contributed by atoms with Crippen molar-refractivity contribution in [3.63, 3.8) is 0 Å². The van der Waals surface area contributed by atoms with Gasteiger partial charge in [0, 0.05) is 5.92 Å². The van der Waals surface area contributed by atoms with Gasteiger partial charge in [0.15, 0.2) is 15.6 Å². The first-order valence-electron chi connectivity index (χ1n) is 5.49. The zero-order valence-corrected chi connectivity index (χ0v) is 10.6. The van der Waals surface area contributed by atoms with Crippen LogP contribution in [0.5, 0.6) is 0 Å². The molecule has 0 aliphatic heterocycles. The predicted molar refractivity (Wildman–Crippen MR) is 60.5 cm³/mol. The Labute approximate surface area is 92.2 Å². The van der Waals surface area contributed by atoms with Crippen LogP contribution < -0.4 is 0 Å². The van der Waals surface area contributed by atoms with Crippen molar-refractivity contribution in [1.29, 1.82) is 0 Å². The van der Waals surface area contributed by atoms with Gasteiger partial charge in [0.25, 0.3) is 0 Å². The van der Waals surface area contributed by atoms with E-state index in [9.17, 15) is 13.2 Å². The molecule has 0 unspecified atom stereocenters. The molecule has 0 atom stereocenters. The molecule has 0 heterocycles. The van der Waals surface area contributed by atoms with Crippen LogP contribution >= 0.6 is 0 Å². The molecule has 15 heavy (non-hydrogen) atoms. The van der Waals surface area contributed by atoms with Crippen molar-refractivity contribution in [3.8, 4) is 0 Å². The molecule has 0 spiro atoms. The third-order valence-corrected chi connectivity index (χ3v) is 5.61. The lowest BCUT2D eigenvalue weighted by atomic mass is 10.0. The Morgan fingerprint density at radius 3 is 2.07 bits per heavy atom. The van der Waals surface area contributed by atoms with Crippen molar-refractivity contribution >= 4 is 15.6 Å². The summed E-state index contributed by atoms with van der Waals surface area (Å²) in [6.45, 7) is 4.93. The minimum atomic E-state index is -3.28. The van der Waals surface area contributed by atoms with Gasteiger partial charge in [0.1, 0.15) is 5.75 Å². The highest BCUT2D eigenvalue weighted by atomic mass is 32.2. The van der Waals surface area contributed by atoms with Crippen molar-refractivity contribution in [1.82, 2.24) is 0 Å². The van der Waals surface area contributed by atoms with Gasteiger partial charge in [-0.25, -0.2) is 8.42 Å². The van der Waals surface area contributed by atoms with Crippen LogP contribution in [0.3, 0.4) is 0 Å². The molecule has 1 rings (SSSR count). The number of sulfone groups is 1. The minimum absolute atomic E-state index is 0.00197. The molecule has 0 aromatic carbocycles. The van der Waals surface area contributed by atoms with Gasteiger partial charge in [-0.2, -0.15) is 0 Å². The normalized spacial score (nSPS) is 19.4. The summed E-state index contributed by atoms with van der Waals surface area (Å²) in [6.07, 6.45) is 3.87. The lowest BCUT2D eigenvalue weighted by Crippen LogP contribution is -2.35. The lowest BCUT2D eigenvalue weighted by molar-refractivity contribution is -0.120. The van der Waals surface area contributed by atoms with E-state index in [0.29, 0.717) is 0 Å². The first-order valence-corrected chi connectivity index (χ1v) is 7.14. The minimum Gasteiger partial charge on any atom is -0.298 e. The maximum Gasteiger partial charge on any atom is 0.162 e. The van der Waals surface area contributed by atoms with Crippen LogP contribution in [-0.4, -0.2) is 24.7 Å². The Bertz CT molecular complexity index is 329. The fourth-order valence-electron chi connectivity index (χ4n) is 1.77. The second-order valence-electron chi connectivity index (χ2n) is 5.32. The average Bonchev–Trinajstić information content (AvgIpc) is 2.51. The molecule has 4 heteroatoms. The molecular weight excluding hydrogens is 212 g/mol. The Balaban J connectivity index is 2.66. The average molecular weight is 232 g/mol. The van der Waals surface area contributed by atoms with Crippen molar-refractivity contribution in [2.75, 3.05) is 5.75 Å². The Morgan fingerprint density at radius 1 is 1.20 bits per heavy atom. The van der Waals surface area contributed by atoms with E-state index in [1.54, 1.807) is 20.8 Å². The molecule has 1 saturated carbocycles. The molecule has 1 aliphatic rings. The topological polar surface area (TPSA) is 51.2 Å². The zero-order chi connectivity index (χ0) is 11.7. The standard InChI is InChI=1S/C11H20O3S/c1-11(2,3)15(13,14)8-10(12)9-6-4-5-7-9/h9H,4-8H2,1-3H3. The van der Waals surface area contributed by atoms with Gasteiger partial charge < -0.3 is 0 Å². The smallest absolute Gasteiger partial charge is 0.162 e. The molecule has 0 bridgehead atoms. The van der Waals surface area contributed by atoms with Gasteiger partial charge in [-0.15, -0.1) is 0 Å². The van der Waals surface area contributed by atoms with Crippen LogP contribution in [0.25, 0.3) is 0 Å². The highest BCUT2D eigenvalue weighted by molar-refractivity contribution is 7.93. The number of carbonyl (C=O) groups excluding carboxylic acids is 1. The van der Waals surface area contributed by atoms with Gasteiger partial charge in [-0.05, 0) is 33.6 Å². The first-order chi connectivity index (χ1) is 6.74. The van der Waals surface area contributed by atoms with E-state index in [4.69, 9.17) is 0 Å². The van der Waals surface area contributed by atoms with Crippen molar-refractivity contribution < 1.29 is 13.2 Å². The quantitative estimate of drug-likeness (QED) is 0.747. The number of Topliss-reactive ketones (excluding diaryl/α,β-unsaturated/α-hetero) is 1.